The smallest absolute Gasteiger partial charge is 0.232 e. The van der Waals surface area contributed by atoms with Crippen LogP contribution in [0.2, 0.25) is 0 Å². The van der Waals surface area contributed by atoms with E-state index in [2.05, 4.69) is 11.5 Å². The van der Waals surface area contributed by atoms with E-state index in [9.17, 15) is 0 Å². The highest BCUT2D eigenvalue weighted by molar-refractivity contribution is 6.54. The molecule has 0 radical (unpaired) electrons. The number of rotatable bonds is 0. The number of hydrogen-bond acceptors (Lipinski definition) is 0. The summed E-state index contributed by atoms with van der Waals surface area (Å²) in [5, 5.41) is 0. The molecule has 1 nitrogen and oxygen atoms in total. The molecular weight excluding hydrogens is 169 g/mol. The number of piperidine rings is 1. The van der Waals surface area contributed by atoms with Crippen LogP contribution in [0, 0.1) is 5.92 Å². The van der Waals surface area contributed by atoms with Gasteiger partial charge >= 0.3 is 0 Å². The monoisotopic (exact) mass is 181 g/mol. The van der Waals surface area contributed by atoms with Gasteiger partial charge in [0.05, 0.1) is 0 Å². The first-order valence-electron chi connectivity index (χ1n) is 3.50. The third kappa shape index (κ3) is 2.89. The van der Waals surface area contributed by atoms with Gasteiger partial charge in [0.25, 0.3) is 0 Å². The SMILES string of the molecule is CC1CC[N+](=CCl)CC1.[Cl-]. The maximum absolute atomic E-state index is 5.53. The molecule has 0 bridgehead atoms. The highest BCUT2D eigenvalue weighted by Gasteiger charge is 2.15. The van der Waals surface area contributed by atoms with Gasteiger partial charge < -0.3 is 12.4 Å². The van der Waals surface area contributed by atoms with Crippen molar-refractivity contribution >= 4 is 17.3 Å². The lowest BCUT2D eigenvalue weighted by molar-refractivity contribution is -0.534. The zero-order valence-corrected chi connectivity index (χ0v) is 7.70. The lowest BCUT2D eigenvalue weighted by atomic mass is 10.0. The van der Waals surface area contributed by atoms with Crippen LogP contribution in [0.15, 0.2) is 0 Å². The van der Waals surface area contributed by atoms with E-state index in [4.69, 9.17) is 11.6 Å². The van der Waals surface area contributed by atoms with Crippen LogP contribution in [-0.4, -0.2) is 23.3 Å². The summed E-state index contributed by atoms with van der Waals surface area (Å²) in [4.78, 5) is 0. The minimum Gasteiger partial charge on any atom is -1.00 e. The first-order chi connectivity index (χ1) is 4.33. The molecule has 0 aromatic heterocycles. The molecule has 0 N–H and O–H groups in total. The van der Waals surface area contributed by atoms with Crippen molar-refractivity contribution in [1.29, 1.82) is 0 Å². The number of hydrogen-bond donors (Lipinski definition) is 0. The maximum atomic E-state index is 5.53. The van der Waals surface area contributed by atoms with Crippen molar-refractivity contribution < 1.29 is 17.0 Å². The molecule has 1 fully saturated rings. The lowest BCUT2D eigenvalue weighted by Crippen LogP contribution is -3.00. The summed E-state index contributed by atoms with van der Waals surface area (Å²) in [6.07, 6.45) is 2.59. The molecule has 0 saturated carbocycles. The van der Waals surface area contributed by atoms with E-state index in [0.29, 0.717) is 0 Å². The predicted molar refractivity (Wildman–Crippen MR) is 40.3 cm³/mol. The van der Waals surface area contributed by atoms with E-state index >= 15 is 0 Å². The van der Waals surface area contributed by atoms with Gasteiger partial charge in [-0.1, -0.05) is 6.92 Å². The van der Waals surface area contributed by atoms with Crippen LogP contribution in [0.3, 0.4) is 0 Å². The van der Waals surface area contributed by atoms with Gasteiger partial charge in [-0.2, -0.15) is 0 Å². The van der Waals surface area contributed by atoms with Crippen LogP contribution in [0.1, 0.15) is 19.8 Å². The summed E-state index contributed by atoms with van der Waals surface area (Å²) in [6.45, 7) is 4.58. The summed E-state index contributed by atoms with van der Waals surface area (Å²) in [5.74, 6) is 0.901. The van der Waals surface area contributed by atoms with E-state index < -0.39 is 0 Å². The molecule has 0 unspecified atom stereocenters. The Morgan fingerprint density at radius 3 is 2.30 bits per heavy atom. The normalized spacial score (nSPS) is 25.4. The van der Waals surface area contributed by atoms with Gasteiger partial charge in [0.15, 0.2) is 0 Å². The van der Waals surface area contributed by atoms with E-state index in [1.165, 1.54) is 12.8 Å². The zero-order chi connectivity index (χ0) is 6.69. The number of nitrogens with zero attached hydrogens (tertiary/aromatic N) is 1. The van der Waals surface area contributed by atoms with E-state index in [1.807, 2.05) is 0 Å². The fourth-order valence-corrected chi connectivity index (χ4v) is 1.32. The molecule has 0 atom stereocenters. The van der Waals surface area contributed by atoms with E-state index in [0.717, 1.165) is 19.0 Å². The van der Waals surface area contributed by atoms with Gasteiger partial charge in [-0.05, 0) is 17.5 Å². The molecule has 1 aliphatic rings. The Labute approximate surface area is 73.5 Å². The highest BCUT2D eigenvalue weighted by Crippen LogP contribution is 2.12. The minimum atomic E-state index is 0. The van der Waals surface area contributed by atoms with Gasteiger partial charge in [0.2, 0.25) is 5.67 Å². The minimum absolute atomic E-state index is 0. The molecule has 0 aliphatic carbocycles. The van der Waals surface area contributed by atoms with Crippen molar-refractivity contribution in [3.8, 4) is 0 Å². The predicted octanol–water partition coefficient (Wildman–Crippen LogP) is -1.30. The molecule has 1 saturated heterocycles. The van der Waals surface area contributed by atoms with Gasteiger partial charge in [-0.25, -0.2) is 4.58 Å². The van der Waals surface area contributed by atoms with Crippen LogP contribution in [0.25, 0.3) is 0 Å². The summed E-state index contributed by atoms with van der Waals surface area (Å²) in [6, 6.07) is 0. The zero-order valence-electron chi connectivity index (χ0n) is 6.19. The van der Waals surface area contributed by atoms with Gasteiger partial charge in [-0.15, -0.1) is 0 Å². The van der Waals surface area contributed by atoms with Crippen molar-refractivity contribution in [2.45, 2.75) is 19.8 Å². The topological polar surface area (TPSA) is 3.01 Å². The second-order valence-corrected chi connectivity index (χ2v) is 3.01. The van der Waals surface area contributed by atoms with Crippen LogP contribution < -0.4 is 12.4 Å². The second kappa shape index (κ2) is 4.97. The fourth-order valence-electron chi connectivity index (χ4n) is 1.13. The third-order valence-electron chi connectivity index (χ3n) is 1.96. The summed E-state index contributed by atoms with van der Waals surface area (Å²) >= 11 is 5.53. The summed E-state index contributed by atoms with van der Waals surface area (Å²) < 4.78 is 2.17. The third-order valence-corrected chi connectivity index (χ3v) is 2.23. The molecule has 0 aromatic rings. The molecule has 60 valence electrons. The van der Waals surface area contributed by atoms with Crippen molar-refractivity contribution in [2.24, 2.45) is 5.92 Å². The van der Waals surface area contributed by atoms with Crippen LogP contribution >= 0.6 is 11.6 Å². The van der Waals surface area contributed by atoms with Gasteiger partial charge in [0.1, 0.15) is 13.1 Å². The average molecular weight is 182 g/mol. The molecule has 1 aliphatic heterocycles. The van der Waals surface area contributed by atoms with E-state index in [-0.39, 0.29) is 12.4 Å². The van der Waals surface area contributed by atoms with Crippen molar-refractivity contribution in [2.75, 3.05) is 13.1 Å². The van der Waals surface area contributed by atoms with Crippen molar-refractivity contribution in [3.05, 3.63) is 0 Å². The molecule has 1 rings (SSSR count). The van der Waals surface area contributed by atoms with Crippen molar-refractivity contribution in [1.82, 2.24) is 0 Å². The van der Waals surface area contributed by atoms with Gasteiger partial charge in [-0.3, -0.25) is 0 Å². The highest BCUT2D eigenvalue weighted by atomic mass is 35.5. The molecule has 0 amide bonds. The largest absolute Gasteiger partial charge is 1.00 e. The molecule has 10 heavy (non-hydrogen) atoms. The lowest BCUT2D eigenvalue weighted by Gasteiger charge is -2.14. The quantitative estimate of drug-likeness (QED) is 0.410. The molecule has 0 spiro atoms. The van der Waals surface area contributed by atoms with Crippen molar-refractivity contribution in [3.63, 3.8) is 0 Å². The van der Waals surface area contributed by atoms with Crippen LogP contribution in [-0.2, 0) is 0 Å². The van der Waals surface area contributed by atoms with E-state index in [1.54, 1.807) is 5.67 Å². The Balaban J connectivity index is 0.000000810. The number of halogens is 2. The second-order valence-electron chi connectivity index (χ2n) is 2.82. The Hall–Kier alpha value is 0.250. The first kappa shape index (κ1) is 10.2. The fraction of sp³-hybridized carbons (Fsp3) is 0.857. The average Bonchev–Trinajstić information content (AvgIpc) is 1.90. The van der Waals surface area contributed by atoms with Crippen LogP contribution in [0.5, 0.6) is 0 Å². The first-order valence-corrected chi connectivity index (χ1v) is 3.94. The summed E-state index contributed by atoms with van der Waals surface area (Å²) in [7, 11) is 0. The molecule has 1 heterocycles. The Bertz CT molecular complexity index is 113. The Morgan fingerprint density at radius 2 is 1.90 bits per heavy atom. The Morgan fingerprint density at radius 1 is 1.40 bits per heavy atom. The maximum Gasteiger partial charge on any atom is 0.232 e. The molecule has 0 aromatic carbocycles. The molecular formula is C7H13Cl2N. The molecule has 3 heteroatoms. The summed E-state index contributed by atoms with van der Waals surface area (Å²) in [5.41, 5.74) is 1.67. The Kier molecular flexibility index (Phi) is 5.10. The standard InChI is InChI=1S/C7H13ClN.ClH/c1-7-2-4-9(6-8)5-3-7;/h6-7H,2-5H2,1H3;1H/q+1;/p-1. The van der Waals surface area contributed by atoms with Crippen LogP contribution in [0.4, 0.5) is 0 Å². The van der Waals surface area contributed by atoms with Gasteiger partial charge in [0, 0.05) is 12.8 Å².